The minimum atomic E-state index is -1.18. The Morgan fingerprint density at radius 1 is 1.39 bits per heavy atom. The number of methoxy groups -OCH3 is 1. The number of para-hydroxylation sites is 1. The molecule has 0 radical (unpaired) electrons. The van der Waals surface area contributed by atoms with Crippen LogP contribution >= 0.6 is 0 Å². The monoisotopic (exact) mass is 382 g/mol. The van der Waals surface area contributed by atoms with Gasteiger partial charge in [0.25, 0.3) is 0 Å². The number of nitrogens with zero attached hydrogens (tertiary/aromatic N) is 2. The molecule has 1 unspecified atom stereocenters. The quantitative estimate of drug-likeness (QED) is 0.589. The third-order valence-corrected chi connectivity index (χ3v) is 8.66. The van der Waals surface area contributed by atoms with Crippen LogP contribution in [0.25, 0.3) is 0 Å². The van der Waals surface area contributed by atoms with E-state index in [9.17, 15) is 9.90 Å². The Morgan fingerprint density at radius 3 is 2.93 bits per heavy atom. The van der Waals surface area contributed by atoms with Crippen molar-refractivity contribution in [3.63, 3.8) is 0 Å². The summed E-state index contributed by atoms with van der Waals surface area (Å²) < 4.78 is 11.7. The molecule has 6 heterocycles. The number of hydrogen-bond acceptors (Lipinski definition) is 6. The molecule has 1 N–H and O–H groups in total. The van der Waals surface area contributed by atoms with Gasteiger partial charge in [0.05, 0.1) is 18.6 Å². The van der Waals surface area contributed by atoms with Crippen LogP contribution in [0.2, 0.25) is 0 Å². The fourth-order valence-electron chi connectivity index (χ4n) is 8.01. The van der Waals surface area contributed by atoms with Gasteiger partial charge in [-0.3, -0.25) is 9.69 Å². The number of rotatable bonds is 1. The lowest BCUT2D eigenvalue weighted by atomic mass is 9.43. The number of carbonyl (C=O) groups excluding carboxylic acids is 1. The van der Waals surface area contributed by atoms with Gasteiger partial charge in [-0.05, 0) is 31.4 Å². The molecular formula is C22H26N2O4. The normalized spacial score (nSPS) is 48.6. The maximum Gasteiger partial charge on any atom is 0.318 e. The smallest absolute Gasteiger partial charge is 0.318 e. The molecule has 6 heteroatoms. The van der Waals surface area contributed by atoms with Crippen molar-refractivity contribution in [3.8, 4) is 0 Å². The first kappa shape index (κ1) is 17.0. The van der Waals surface area contributed by atoms with E-state index in [1.165, 1.54) is 12.7 Å². The van der Waals surface area contributed by atoms with E-state index >= 15 is 0 Å². The lowest BCUT2D eigenvalue weighted by molar-refractivity contribution is -0.331. The molecule has 8 rings (SSSR count). The van der Waals surface area contributed by atoms with Crippen LogP contribution in [0.15, 0.2) is 35.9 Å². The molecule has 6 aliphatic heterocycles. The van der Waals surface area contributed by atoms with Gasteiger partial charge >= 0.3 is 5.97 Å². The predicted octanol–water partition coefficient (Wildman–Crippen LogP) is 1.63. The number of carbonyl (C=O) groups is 1. The molecule has 1 aromatic rings. The number of fused-ring (bicyclic) bond motifs is 3. The third kappa shape index (κ3) is 1.31. The first-order valence-electron chi connectivity index (χ1n) is 10.2. The second-order valence-corrected chi connectivity index (χ2v) is 8.87. The van der Waals surface area contributed by atoms with Crippen LogP contribution in [0.3, 0.4) is 0 Å². The summed E-state index contributed by atoms with van der Waals surface area (Å²) >= 11 is 0. The Labute approximate surface area is 164 Å². The van der Waals surface area contributed by atoms with Gasteiger partial charge in [0.2, 0.25) is 0 Å². The molecule has 148 valence electrons. The van der Waals surface area contributed by atoms with Gasteiger partial charge in [0.1, 0.15) is 11.1 Å². The fraction of sp³-hybridized carbons (Fsp3) is 0.591. The first-order valence-corrected chi connectivity index (χ1v) is 10.2. The molecule has 5 saturated heterocycles. The summed E-state index contributed by atoms with van der Waals surface area (Å²) in [6.07, 6.45) is 2.33. The lowest BCUT2D eigenvalue weighted by Crippen LogP contribution is -2.83. The summed E-state index contributed by atoms with van der Waals surface area (Å²) in [5, 5.41) is 11.4. The van der Waals surface area contributed by atoms with Crippen molar-refractivity contribution < 1.29 is 19.4 Å². The topological polar surface area (TPSA) is 62.2 Å². The summed E-state index contributed by atoms with van der Waals surface area (Å²) in [5.74, 6) is -0.433. The molecule has 1 spiro atoms. The molecule has 6 fully saturated rings. The summed E-state index contributed by atoms with van der Waals surface area (Å²) in [4.78, 5) is 18.5. The maximum absolute atomic E-state index is 13.7. The standard InChI is InChI=1S/C22H26N2O4/c1-4-13-12-24-10-9-20-14-7-5-6-8-16(14)23(2)22(20,24)17-11-15(13)21(20,18(25)27-3)19(26)28-17/h4-8,15,17,19,26H,9-12H2,1-3H3/b13-4-/t15-,17+,19+,20-,21-,22-/m0/s1. The van der Waals surface area contributed by atoms with E-state index in [2.05, 4.69) is 35.1 Å². The van der Waals surface area contributed by atoms with E-state index in [1.807, 2.05) is 19.1 Å². The highest BCUT2D eigenvalue weighted by Crippen LogP contribution is 2.77. The molecule has 0 aromatic heterocycles. The Kier molecular flexibility index (Phi) is 3.03. The van der Waals surface area contributed by atoms with Gasteiger partial charge in [-0.2, -0.15) is 0 Å². The van der Waals surface area contributed by atoms with Crippen LogP contribution in [0.5, 0.6) is 0 Å². The summed E-state index contributed by atoms with van der Waals surface area (Å²) in [6, 6.07) is 8.37. The maximum atomic E-state index is 13.7. The van der Waals surface area contributed by atoms with Crippen LogP contribution in [0.1, 0.15) is 25.3 Å². The number of ether oxygens (including phenoxy) is 2. The highest BCUT2D eigenvalue weighted by molar-refractivity contribution is 5.87. The van der Waals surface area contributed by atoms with E-state index in [0.717, 1.165) is 37.2 Å². The van der Waals surface area contributed by atoms with Gasteiger partial charge < -0.3 is 19.5 Å². The first-order chi connectivity index (χ1) is 13.5. The highest BCUT2D eigenvalue weighted by atomic mass is 16.6. The zero-order valence-electron chi connectivity index (χ0n) is 16.5. The molecule has 6 bridgehead atoms. The second kappa shape index (κ2) is 4.99. The number of allylic oxidation sites excluding steroid dienone is 1. The number of likely N-dealkylation sites (N-methyl/N-ethyl adjacent to an activating group) is 1. The Balaban J connectivity index is 1.80. The largest absolute Gasteiger partial charge is 0.468 e. The zero-order valence-corrected chi connectivity index (χ0v) is 16.5. The highest BCUT2D eigenvalue weighted by Gasteiger charge is 2.89. The summed E-state index contributed by atoms with van der Waals surface area (Å²) in [7, 11) is 3.56. The average Bonchev–Trinajstić information content (AvgIpc) is 3.11. The van der Waals surface area contributed by atoms with Crippen molar-refractivity contribution in [1.29, 1.82) is 0 Å². The number of benzene rings is 1. The van der Waals surface area contributed by atoms with E-state index < -0.39 is 22.8 Å². The van der Waals surface area contributed by atoms with Crippen molar-refractivity contribution in [2.75, 3.05) is 32.1 Å². The fourth-order valence-corrected chi connectivity index (χ4v) is 8.01. The van der Waals surface area contributed by atoms with Gasteiger partial charge in [-0.15, -0.1) is 0 Å². The molecule has 28 heavy (non-hydrogen) atoms. The number of aliphatic hydroxyl groups is 1. The van der Waals surface area contributed by atoms with Crippen molar-refractivity contribution in [2.24, 2.45) is 11.3 Å². The molecule has 1 aliphatic carbocycles. The summed E-state index contributed by atoms with van der Waals surface area (Å²) in [5.41, 5.74) is 1.31. The average molecular weight is 382 g/mol. The summed E-state index contributed by atoms with van der Waals surface area (Å²) in [6.45, 7) is 3.71. The van der Waals surface area contributed by atoms with Crippen LogP contribution in [-0.2, 0) is 19.7 Å². The Bertz CT molecular complexity index is 931. The number of esters is 1. The Morgan fingerprint density at radius 2 is 2.18 bits per heavy atom. The van der Waals surface area contributed by atoms with E-state index in [-0.39, 0.29) is 18.0 Å². The van der Waals surface area contributed by atoms with Crippen LogP contribution < -0.4 is 4.90 Å². The zero-order chi connectivity index (χ0) is 19.5. The second-order valence-electron chi connectivity index (χ2n) is 8.87. The number of hydrogen-bond donors (Lipinski definition) is 1. The minimum Gasteiger partial charge on any atom is -0.468 e. The molecule has 1 saturated carbocycles. The molecule has 7 aliphatic rings. The van der Waals surface area contributed by atoms with Crippen molar-refractivity contribution in [2.45, 2.75) is 43.2 Å². The van der Waals surface area contributed by atoms with E-state index in [4.69, 9.17) is 9.47 Å². The van der Waals surface area contributed by atoms with E-state index in [1.54, 1.807) is 0 Å². The van der Waals surface area contributed by atoms with Gasteiger partial charge in [-0.25, -0.2) is 0 Å². The van der Waals surface area contributed by atoms with Crippen molar-refractivity contribution in [1.82, 2.24) is 4.90 Å². The Hall–Kier alpha value is -1.89. The van der Waals surface area contributed by atoms with Crippen LogP contribution in [-0.4, -0.2) is 61.3 Å². The predicted molar refractivity (Wildman–Crippen MR) is 103 cm³/mol. The number of anilines is 1. The molecule has 1 aromatic carbocycles. The van der Waals surface area contributed by atoms with Crippen LogP contribution in [0, 0.1) is 11.3 Å². The third-order valence-electron chi connectivity index (χ3n) is 8.66. The molecule has 0 amide bonds. The van der Waals surface area contributed by atoms with Gasteiger partial charge in [0, 0.05) is 31.7 Å². The van der Waals surface area contributed by atoms with Gasteiger partial charge in [-0.1, -0.05) is 29.8 Å². The number of aliphatic hydroxyl groups excluding tert-OH is 1. The minimum absolute atomic E-state index is 0.0864. The molecule has 7 atom stereocenters. The van der Waals surface area contributed by atoms with Crippen LogP contribution in [0.4, 0.5) is 5.69 Å². The van der Waals surface area contributed by atoms with Gasteiger partial charge in [0.15, 0.2) is 6.29 Å². The van der Waals surface area contributed by atoms with Crippen molar-refractivity contribution >= 4 is 11.7 Å². The van der Waals surface area contributed by atoms with Crippen molar-refractivity contribution in [3.05, 3.63) is 41.5 Å². The molecule has 6 nitrogen and oxygen atoms in total. The van der Waals surface area contributed by atoms with E-state index in [0.29, 0.717) is 0 Å². The lowest BCUT2D eigenvalue weighted by Gasteiger charge is -2.67. The molecular weight excluding hydrogens is 356 g/mol. The SMILES string of the molecule is C/C=C1/CN2CC[C@@]34c5ccccc5N(C)[C@@]23[C@H]2C[C@@H]1[C@]4(C(=O)OC)[C@H](O)O2.